The Labute approximate surface area is 133 Å². The third-order valence-corrected chi connectivity index (χ3v) is 3.45. The van der Waals surface area contributed by atoms with E-state index in [0.29, 0.717) is 17.4 Å². The number of nitrogens with two attached hydrogens (primary N) is 1. The van der Waals surface area contributed by atoms with Crippen LogP contribution in [0.3, 0.4) is 0 Å². The van der Waals surface area contributed by atoms with Crippen molar-refractivity contribution in [1.29, 1.82) is 0 Å². The summed E-state index contributed by atoms with van der Waals surface area (Å²) in [5, 5.41) is 6.95. The highest BCUT2D eigenvalue weighted by molar-refractivity contribution is 5.27. The first-order valence-corrected chi connectivity index (χ1v) is 7.23. The van der Waals surface area contributed by atoms with Gasteiger partial charge in [-0.2, -0.15) is 5.10 Å². The van der Waals surface area contributed by atoms with Crippen molar-refractivity contribution in [2.75, 3.05) is 0 Å². The van der Waals surface area contributed by atoms with Crippen LogP contribution in [0.15, 0.2) is 48.5 Å². The molecule has 0 aliphatic carbocycles. The minimum atomic E-state index is -0.397. The average molecular weight is 312 g/mol. The summed E-state index contributed by atoms with van der Waals surface area (Å²) in [7, 11) is 0. The number of benzene rings is 2. The lowest BCUT2D eigenvalue weighted by Gasteiger charge is -2.08. The maximum Gasteiger partial charge on any atom is 0.172 e. The summed E-state index contributed by atoms with van der Waals surface area (Å²) < 4.78 is 18.4. The molecule has 5 nitrogen and oxygen atoms in total. The van der Waals surface area contributed by atoms with Crippen LogP contribution >= 0.6 is 0 Å². The molecule has 0 bridgehead atoms. The van der Waals surface area contributed by atoms with Gasteiger partial charge >= 0.3 is 0 Å². The van der Waals surface area contributed by atoms with Crippen molar-refractivity contribution in [3.63, 3.8) is 0 Å². The van der Waals surface area contributed by atoms with Crippen molar-refractivity contribution in [3.05, 3.63) is 77.1 Å². The molecule has 3 aromatic rings. The number of aromatic nitrogens is 3. The van der Waals surface area contributed by atoms with E-state index in [2.05, 4.69) is 15.2 Å². The molecule has 3 rings (SSSR count). The molecule has 3 N–H and O–H groups in total. The average Bonchev–Trinajstić information content (AvgIpc) is 3.03. The molecule has 1 aromatic heterocycles. The molecule has 0 saturated carbocycles. The Morgan fingerprint density at radius 3 is 2.52 bits per heavy atom. The fourth-order valence-corrected chi connectivity index (χ4v) is 2.12. The highest BCUT2D eigenvalue weighted by atomic mass is 19.1. The summed E-state index contributed by atoms with van der Waals surface area (Å²) in [5.41, 5.74) is 8.29. The standard InChI is InChI=1S/C17H17FN4O/c1-11-2-4-12(5-3-11)16(19)17-20-15(21-22-17)10-23-14-8-6-13(18)7-9-14/h2-9,16H,10,19H2,1H3,(H,20,21,22)/t16-/m1/s1. The summed E-state index contributed by atoms with van der Waals surface area (Å²) in [6.07, 6.45) is 0. The Kier molecular flexibility index (Phi) is 4.34. The van der Waals surface area contributed by atoms with E-state index < -0.39 is 6.04 Å². The normalized spacial score (nSPS) is 12.1. The summed E-state index contributed by atoms with van der Waals surface area (Å²) >= 11 is 0. The lowest BCUT2D eigenvalue weighted by atomic mass is 10.1. The van der Waals surface area contributed by atoms with E-state index in [9.17, 15) is 4.39 Å². The van der Waals surface area contributed by atoms with Crippen LogP contribution in [0.2, 0.25) is 0 Å². The van der Waals surface area contributed by atoms with Crippen LogP contribution in [0.5, 0.6) is 5.75 Å². The lowest BCUT2D eigenvalue weighted by molar-refractivity contribution is 0.296. The van der Waals surface area contributed by atoms with Crippen molar-refractivity contribution < 1.29 is 9.13 Å². The Morgan fingerprint density at radius 2 is 1.83 bits per heavy atom. The molecule has 0 radical (unpaired) electrons. The lowest BCUT2D eigenvalue weighted by Crippen LogP contribution is -2.13. The van der Waals surface area contributed by atoms with Gasteiger partial charge in [0.15, 0.2) is 11.6 Å². The van der Waals surface area contributed by atoms with Crippen LogP contribution < -0.4 is 10.5 Å². The Morgan fingerprint density at radius 1 is 1.13 bits per heavy atom. The molecule has 0 fully saturated rings. The molecule has 23 heavy (non-hydrogen) atoms. The second-order valence-electron chi connectivity index (χ2n) is 5.27. The highest BCUT2D eigenvalue weighted by Gasteiger charge is 2.14. The van der Waals surface area contributed by atoms with Crippen LogP contribution in [0.1, 0.15) is 28.8 Å². The van der Waals surface area contributed by atoms with Gasteiger partial charge in [0.25, 0.3) is 0 Å². The molecular formula is C17H17FN4O. The fraction of sp³-hybridized carbons (Fsp3) is 0.176. The minimum absolute atomic E-state index is 0.208. The van der Waals surface area contributed by atoms with Gasteiger partial charge in [-0.15, -0.1) is 0 Å². The van der Waals surface area contributed by atoms with Gasteiger partial charge in [-0.3, -0.25) is 5.10 Å². The molecule has 0 amide bonds. The Hall–Kier alpha value is -2.73. The van der Waals surface area contributed by atoms with Crippen LogP contribution in [0, 0.1) is 12.7 Å². The number of aromatic amines is 1. The topological polar surface area (TPSA) is 76.8 Å². The van der Waals surface area contributed by atoms with Gasteiger partial charge in [0, 0.05) is 0 Å². The molecule has 1 heterocycles. The molecule has 6 heteroatoms. The molecule has 0 aliphatic heterocycles. The molecule has 118 valence electrons. The van der Waals surface area contributed by atoms with E-state index in [4.69, 9.17) is 10.5 Å². The second-order valence-corrected chi connectivity index (χ2v) is 5.27. The van der Waals surface area contributed by atoms with Gasteiger partial charge in [0.2, 0.25) is 0 Å². The van der Waals surface area contributed by atoms with Crippen LogP contribution in [-0.2, 0) is 6.61 Å². The first-order valence-electron chi connectivity index (χ1n) is 7.23. The van der Waals surface area contributed by atoms with Crippen LogP contribution in [0.4, 0.5) is 4.39 Å². The molecule has 0 aliphatic rings. The number of nitrogens with zero attached hydrogens (tertiary/aromatic N) is 2. The Balaban J connectivity index is 1.65. The molecule has 2 aromatic carbocycles. The van der Waals surface area contributed by atoms with Crippen molar-refractivity contribution in [2.24, 2.45) is 5.73 Å². The van der Waals surface area contributed by atoms with Crippen molar-refractivity contribution >= 4 is 0 Å². The quantitative estimate of drug-likeness (QED) is 0.759. The smallest absolute Gasteiger partial charge is 0.172 e. The number of hydrogen-bond donors (Lipinski definition) is 2. The van der Waals surface area contributed by atoms with E-state index in [-0.39, 0.29) is 12.4 Å². The van der Waals surface area contributed by atoms with Crippen molar-refractivity contribution in [2.45, 2.75) is 19.6 Å². The Bertz CT molecular complexity index is 768. The number of rotatable bonds is 5. The molecule has 1 atom stereocenters. The summed E-state index contributed by atoms with van der Waals surface area (Å²) in [6.45, 7) is 2.23. The van der Waals surface area contributed by atoms with Gasteiger partial charge in [-0.05, 0) is 36.8 Å². The molecule has 0 unspecified atom stereocenters. The van der Waals surface area contributed by atoms with E-state index in [0.717, 1.165) is 5.56 Å². The first kappa shape index (κ1) is 15.2. The largest absolute Gasteiger partial charge is 0.486 e. The molecule has 0 saturated heterocycles. The number of halogens is 1. The maximum atomic E-state index is 12.8. The van der Waals surface area contributed by atoms with Crippen molar-refractivity contribution in [3.8, 4) is 5.75 Å². The predicted octanol–water partition coefficient (Wildman–Crippen LogP) is 2.88. The highest BCUT2D eigenvalue weighted by Crippen LogP contribution is 2.17. The second kappa shape index (κ2) is 6.58. The van der Waals surface area contributed by atoms with E-state index >= 15 is 0 Å². The summed E-state index contributed by atoms with van der Waals surface area (Å²) in [4.78, 5) is 4.35. The zero-order chi connectivity index (χ0) is 16.2. The number of nitrogens with one attached hydrogen (secondary N) is 1. The van der Waals surface area contributed by atoms with Gasteiger partial charge in [0.1, 0.15) is 18.2 Å². The number of hydrogen-bond acceptors (Lipinski definition) is 4. The van der Waals surface area contributed by atoms with E-state index in [1.165, 1.54) is 17.7 Å². The predicted molar refractivity (Wildman–Crippen MR) is 84.3 cm³/mol. The summed E-state index contributed by atoms with van der Waals surface area (Å²) in [6, 6.07) is 13.3. The van der Waals surface area contributed by atoms with Crippen LogP contribution in [-0.4, -0.2) is 15.2 Å². The fourth-order valence-electron chi connectivity index (χ4n) is 2.12. The SMILES string of the molecule is Cc1ccc([C@@H](N)c2n[nH]c(COc3ccc(F)cc3)n2)cc1. The monoisotopic (exact) mass is 312 g/mol. The van der Waals surface area contributed by atoms with E-state index in [1.807, 2.05) is 31.2 Å². The van der Waals surface area contributed by atoms with Gasteiger partial charge in [-0.25, -0.2) is 9.37 Å². The van der Waals surface area contributed by atoms with Gasteiger partial charge in [-0.1, -0.05) is 29.8 Å². The summed E-state index contributed by atoms with van der Waals surface area (Å²) in [5.74, 6) is 1.33. The van der Waals surface area contributed by atoms with E-state index in [1.54, 1.807) is 12.1 Å². The van der Waals surface area contributed by atoms with Crippen molar-refractivity contribution in [1.82, 2.24) is 15.2 Å². The third kappa shape index (κ3) is 3.73. The zero-order valence-corrected chi connectivity index (χ0v) is 12.7. The zero-order valence-electron chi connectivity index (χ0n) is 12.7. The van der Waals surface area contributed by atoms with Crippen LogP contribution in [0.25, 0.3) is 0 Å². The number of aryl methyl sites for hydroxylation is 1. The maximum absolute atomic E-state index is 12.8. The van der Waals surface area contributed by atoms with Gasteiger partial charge in [0.05, 0.1) is 6.04 Å². The number of H-pyrrole nitrogens is 1. The van der Waals surface area contributed by atoms with Gasteiger partial charge < -0.3 is 10.5 Å². The molecule has 0 spiro atoms. The third-order valence-electron chi connectivity index (χ3n) is 3.45. The number of ether oxygens (including phenoxy) is 1. The first-order chi connectivity index (χ1) is 11.1. The minimum Gasteiger partial charge on any atom is -0.486 e. The molecular weight excluding hydrogens is 295 g/mol.